The molecule has 1 N–H and O–H groups in total. The second kappa shape index (κ2) is 6.23. The molecule has 1 aromatic carbocycles. The van der Waals surface area contributed by atoms with Crippen LogP contribution in [-0.4, -0.2) is 44.4 Å². The van der Waals surface area contributed by atoms with E-state index in [0.717, 1.165) is 11.1 Å². The number of methoxy groups -OCH3 is 1. The molecule has 0 unspecified atom stereocenters. The normalized spacial score (nSPS) is 18.6. The fourth-order valence-corrected chi connectivity index (χ4v) is 3.01. The summed E-state index contributed by atoms with van der Waals surface area (Å²) >= 11 is 0. The van der Waals surface area contributed by atoms with E-state index in [1.807, 2.05) is 0 Å². The molecule has 0 spiro atoms. The zero-order valence-corrected chi connectivity index (χ0v) is 12.5. The molecule has 2 rings (SSSR count). The molecule has 0 radical (unpaired) electrons. The van der Waals surface area contributed by atoms with Crippen LogP contribution >= 0.6 is 0 Å². The molecular formula is C15H21F3N2O. The Morgan fingerprint density at radius 3 is 2.10 bits per heavy atom. The maximum absolute atomic E-state index is 13.5. The molecule has 1 aromatic rings. The van der Waals surface area contributed by atoms with Crippen LogP contribution < -0.4 is 10.1 Å². The van der Waals surface area contributed by atoms with Crippen LogP contribution in [-0.2, 0) is 0 Å². The largest absolute Gasteiger partial charge is 0.496 e. The first kappa shape index (κ1) is 16.1. The number of aryl methyl sites for hydroxylation is 2. The SMILES string of the molecule is COc1c(C)cc([C@H](N2CCNCC2)C(F)(F)F)cc1C. The molecule has 118 valence electrons. The molecule has 1 atom stereocenters. The second-order valence-electron chi connectivity index (χ2n) is 5.42. The van der Waals surface area contributed by atoms with Gasteiger partial charge >= 0.3 is 6.18 Å². The third-order valence-electron chi connectivity index (χ3n) is 3.83. The predicted molar refractivity (Wildman–Crippen MR) is 75.7 cm³/mol. The minimum atomic E-state index is -4.29. The van der Waals surface area contributed by atoms with Crippen molar-refractivity contribution in [3.05, 3.63) is 28.8 Å². The summed E-state index contributed by atoms with van der Waals surface area (Å²) in [6.07, 6.45) is -4.29. The molecule has 1 aliphatic rings. The van der Waals surface area contributed by atoms with E-state index in [9.17, 15) is 13.2 Å². The zero-order valence-electron chi connectivity index (χ0n) is 12.5. The van der Waals surface area contributed by atoms with Gasteiger partial charge in [0.2, 0.25) is 0 Å². The molecule has 1 saturated heterocycles. The van der Waals surface area contributed by atoms with E-state index < -0.39 is 12.2 Å². The number of nitrogens with one attached hydrogen (secondary N) is 1. The number of rotatable bonds is 3. The van der Waals surface area contributed by atoms with Crippen molar-refractivity contribution in [3.8, 4) is 5.75 Å². The van der Waals surface area contributed by atoms with Crippen molar-refractivity contribution in [2.75, 3.05) is 33.3 Å². The molecule has 21 heavy (non-hydrogen) atoms. The lowest BCUT2D eigenvalue weighted by atomic mass is 9.98. The highest BCUT2D eigenvalue weighted by atomic mass is 19.4. The molecule has 0 amide bonds. The van der Waals surface area contributed by atoms with Crippen LogP contribution in [0.2, 0.25) is 0 Å². The smallest absolute Gasteiger partial charge is 0.408 e. The monoisotopic (exact) mass is 302 g/mol. The molecule has 3 nitrogen and oxygen atoms in total. The number of piperazine rings is 1. The minimum absolute atomic E-state index is 0.292. The lowest BCUT2D eigenvalue weighted by Gasteiger charge is -2.36. The first-order valence-electron chi connectivity index (χ1n) is 7.01. The lowest BCUT2D eigenvalue weighted by molar-refractivity contribution is -0.187. The minimum Gasteiger partial charge on any atom is -0.496 e. The molecule has 0 aromatic heterocycles. The number of hydrogen-bond donors (Lipinski definition) is 1. The predicted octanol–water partition coefficient (Wildman–Crippen LogP) is 2.82. The fourth-order valence-electron chi connectivity index (χ4n) is 3.01. The summed E-state index contributed by atoms with van der Waals surface area (Å²) in [6.45, 7) is 5.52. The van der Waals surface area contributed by atoms with E-state index in [1.165, 1.54) is 12.0 Å². The van der Waals surface area contributed by atoms with Crippen molar-refractivity contribution in [2.45, 2.75) is 26.1 Å². The van der Waals surface area contributed by atoms with E-state index in [2.05, 4.69) is 5.32 Å². The van der Waals surface area contributed by atoms with E-state index in [-0.39, 0.29) is 0 Å². The Hall–Kier alpha value is -1.27. The summed E-state index contributed by atoms with van der Waals surface area (Å²) in [4.78, 5) is 1.50. The summed E-state index contributed by atoms with van der Waals surface area (Å²) in [5.41, 5.74) is 1.76. The Balaban J connectivity index is 2.41. The number of hydrogen-bond acceptors (Lipinski definition) is 3. The van der Waals surface area contributed by atoms with Gasteiger partial charge in [0.25, 0.3) is 0 Å². The van der Waals surface area contributed by atoms with Gasteiger partial charge in [-0.3, -0.25) is 4.90 Å². The van der Waals surface area contributed by atoms with E-state index in [1.54, 1.807) is 26.0 Å². The van der Waals surface area contributed by atoms with E-state index in [4.69, 9.17) is 4.74 Å². The van der Waals surface area contributed by atoms with Crippen LogP contribution in [0.3, 0.4) is 0 Å². The van der Waals surface area contributed by atoms with Gasteiger partial charge in [-0.05, 0) is 30.5 Å². The summed E-state index contributed by atoms with van der Waals surface area (Å²) in [5.74, 6) is 0.653. The number of ether oxygens (including phenoxy) is 1. The highest BCUT2D eigenvalue weighted by Gasteiger charge is 2.45. The van der Waals surface area contributed by atoms with Gasteiger partial charge in [-0.2, -0.15) is 13.2 Å². The first-order chi connectivity index (χ1) is 9.84. The summed E-state index contributed by atoms with van der Waals surface area (Å²) in [5, 5.41) is 3.08. The Morgan fingerprint density at radius 2 is 1.67 bits per heavy atom. The van der Waals surface area contributed by atoms with Crippen LogP contribution in [0.15, 0.2) is 12.1 Å². The van der Waals surface area contributed by atoms with Crippen molar-refractivity contribution in [2.24, 2.45) is 0 Å². The molecule has 6 heteroatoms. The Labute approximate surface area is 123 Å². The van der Waals surface area contributed by atoms with E-state index >= 15 is 0 Å². The van der Waals surface area contributed by atoms with Gasteiger partial charge in [-0.15, -0.1) is 0 Å². The molecule has 1 fully saturated rings. The molecule has 1 heterocycles. The highest BCUT2D eigenvalue weighted by molar-refractivity contribution is 5.44. The van der Waals surface area contributed by atoms with Crippen LogP contribution in [0.4, 0.5) is 13.2 Å². The first-order valence-corrected chi connectivity index (χ1v) is 7.01. The summed E-state index contributed by atoms with van der Waals surface area (Å²) < 4.78 is 45.9. The Kier molecular flexibility index (Phi) is 4.78. The topological polar surface area (TPSA) is 24.5 Å². The molecule has 0 aliphatic carbocycles. The van der Waals surface area contributed by atoms with Crippen molar-refractivity contribution in [1.29, 1.82) is 0 Å². The lowest BCUT2D eigenvalue weighted by Crippen LogP contribution is -2.49. The summed E-state index contributed by atoms with van der Waals surface area (Å²) in [7, 11) is 1.53. The third kappa shape index (κ3) is 3.49. The Morgan fingerprint density at radius 1 is 1.14 bits per heavy atom. The van der Waals surface area contributed by atoms with Crippen LogP contribution in [0, 0.1) is 13.8 Å². The van der Waals surface area contributed by atoms with Crippen molar-refractivity contribution in [3.63, 3.8) is 0 Å². The average molecular weight is 302 g/mol. The van der Waals surface area contributed by atoms with Crippen LogP contribution in [0.1, 0.15) is 22.7 Å². The van der Waals surface area contributed by atoms with Crippen molar-refractivity contribution < 1.29 is 17.9 Å². The van der Waals surface area contributed by atoms with Gasteiger partial charge in [0.05, 0.1) is 7.11 Å². The van der Waals surface area contributed by atoms with Gasteiger partial charge in [0, 0.05) is 26.2 Å². The van der Waals surface area contributed by atoms with Gasteiger partial charge in [0.1, 0.15) is 11.8 Å². The fraction of sp³-hybridized carbons (Fsp3) is 0.600. The number of alkyl halides is 3. The highest BCUT2D eigenvalue weighted by Crippen LogP contribution is 2.40. The van der Waals surface area contributed by atoms with Crippen molar-refractivity contribution in [1.82, 2.24) is 10.2 Å². The van der Waals surface area contributed by atoms with Gasteiger partial charge in [-0.25, -0.2) is 0 Å². The quantitative estimate of drug-likeness (QED) is 0.929. The van der Waals surface area contributed by atoms with Crippen LogP contribution in [0.5, 0.6) is 5.75 Å². The number of halogens is 3. The third-order valence-corrected chi connectivity index (χ3v) is 3.83. The van der Waals surface area contributed by atoms with Gasteiger partial charge < -0.3 is 10.1 Å². The number of benzene rings is 1. The average Bonchev–Trinajstić information content (AvgIpc) is 2.38. The zero-order chi connectivity index (χ0) is 15.6. The molecule has 1 aliphatic heterocycles. The molecule has 0 saturated carbocycles. The second-order valence-corrected chi connectivity index (χ2v) is 5.42. The van der Waals surface area contributed by atoms with Gasteiger partial charge in [0.15, 0.2) is 0 Å². The van der Waals surface area contributed by atoms with Crippen molar-refractivity contribution >= 4 is 0 Å². The number of nitrogens with zero attached hydrogens (tertiary/aromatic N) is 1. The summed E-state index contributed by atoms with van der Waals surface area (Å²) in [6, 6.07) is 1.63. The molecular weight excluding hydrogens is 281 g/mol. The van der Waals surface area contributed by atoms with E-state index in [0.29, 0.717) is 37.5 Å². The van der Waals surface area contributed by atoms with Crippen LogP contribution in [0.25, 0.3) is 0 Å². The Bertz CT molecular complexity index is 473. The maximum atomic E-state index is 13.5. The molecule has 0 bridgehead atoms. The standard InChI is InChI=1S/C15H21F3N2O/c1-10-8-12(9-11(2)13(10)21-3)14(15(16,17)18)20-6-4-19-5-7-20/h8-9,14,19H,4-7H2,1-3H3/t14-/m0/s1. The maximum Gasteiger partial charge on any atom is 0.408 e. The van der Waals surface area contributed by atoms with Gasteiger partial charge in [-0.1, -0.05) is 12.1 Å².